The van der Waals surface area contributed by atoms with Crippen LogP contribution in [0.15, 0.2) is 18.3 Å². The summed E-state index contributed by atoms with van der Waals surface area (Å²) in [6.07, 6.45) is 5.63. The Bertz CT molecular complexity index is 419. The molecule has 0 bridgehead atoms. The van der Waals surface area contributed by atoms with Gasteiger partial charge in [0.1, 0.15) is 0 Å². The van der Waals surface area contributed by atoms with Crippen LogP contribution in [0.1, 0.15) is 50.8 Å². The van der Waals surface area contributed by atoms with Gasteiger partial charge in [-0.3, -0.25) is 4.98 Å². The maximum Gasteiger partial charge on any atom is 0.0753 e. The molecule has 3 nitrogen and oxygen atoms in total. The molecule has 0 radical (unpaired) electrons. The molecule has 1 aromatic rings. The Morgan fingerprint density at radius 1 is 1.45 bits per heavy atom. The second kappa shape index (κ2) is 7.19. The SMILES string of the molecule is CCCNC(C1CCc2cccnc21)C(OC)C(C)C. The van der Waals surface area contributed by atoms with E-state index >= 15 is 0 Å². The second-order valence-electron chi connectivity index (χ2n) is 6.12. The molecule has 1 N–H and O–H groups in total. The van der Waals surface area contributed by atoms with Gasteiger partial charge in [0.2, 0.25) is 0 Å². The van der Waals surface area contributed by atoms with Gasteiger partial charge in [0.15, 0.2) is 0 Å². The lowest BCUT2D eigenvalue weighted by molar-refractivity contribution is 0.0246. The molecule has 0 spiro atoms. The maximum atomic E-state index is 5.81. The average Bonchev–Trinajstić information content (AvgIpc) is 2.87. The van der Waals surface area contributed by atoms with Crippen LogP contribution in [0.5, 0.6) is 0 Å². The van der Waals surface area contributed by atoms with E-state index in [1.54, 1.807) is 0 Å². The van der Waals surface area contributed by atoms with Crippen molar-refractivity contribution in [3.63, 3.8) is 0 Å². The Hall–Kier alpha value is -0.930. The number of fused-ring (bicyclic) bond motifs is 1. The summed E-state index contributed by atoms with van der Waals surface area (Å²) in [4.78, 5) is 4.65. The summed E-state index contributed by atoms with van der Waals surface area (Å²) in [7, 11) is 1.83. The third-order valence-electron chi connectivity index (χ3n) is 4.35. The number of methoxy groups -OCH3 is 1. The van der Waals surface area contributed by atoms with Crippen LogP contribution >= 0.6 is 0 Å². The molecule has 112 valence electrons. The van der Waals surface area contributed by atoms with E-state index in [0.29, 0.717) is 17.9 Å². The third kappa shape index (κ3) is 3.21. The normalized spacial score (nSPS) is 20.9. The van der Waals surface area contributed by atoms with Gasteiger partial charge in [-0.15, -0.1) is 0 Å². The number of aryl methyl sites for hydroxylation is 1. The molecule has 0 saturated heterocycles. The van der Waals surface area contributed by atoms with Gasteiger partial charge < -0.3 is 10.1 Å². The van der Waals surface area contributed by atoms with Crippen molar-refractivity contribution < 1.29 is 4.74 Å². The first-order valence-corrected chi connectivity index (χ1v) is 7.89. The molecule has 0 aliphatic heterocycles. The minimum atomic E-state index is 0.236. The zero-order valence-corrected chi connectivity index (χ0v) is 13.2. The zero-order valence-electron chi connectivity index (χ0n) is 13.2. The number of aromatic nitrogens is 1. The monoisotopic (exact) mass is 276 g/mol. The summed E-state index contributed by atoms with van der Waals surface area (Å²) < 4.78 is 5.81. The van der Waals surface area contributed by atoms with Crippen LogP contribution in [-0.2, 0) is 11.2 Å². The lowest BCUT2D eigenvalue weighted by Gasteiger charge is -2.34. The minimum absolute atomic E-state index is 0.236. The number of pyridine rings is 1. The fourth-order valence-electron chi connectivity index (χ4n) is 3.43. The van der Waals surface area contributed by atoms with Gasteiger partial charge in [-0.2, -0.15) is 0 Å². The van der Waals surface area contributed by atoms with Crippen molar-refractivity contribution in [3.05, 3.63) is 29.6 Å². The highest BCUT2D eigenvalue weighted by Crippen LogP contribution is 2.36. The first kappa shape index (κ1) is 15.5. The topological polar surface area (TPSA) is 34.2 Å². The number of ether oxygens (including phenoxy) is 1. The van der Waals surface area contributed by atoms with Crippen molar-refractivity contribution in [1.29, 1.82) is 0 Å². The minimum Gasteiger partial charge on any atom is -0.380 e. The fraction of sp³-hybridized carbons (Fsp3) is 0.706. The number of hydrogen-bond donors (Lipinski definition) is 1. The van der Waals surface area contributed by atoms with Crippen LogP contribution in [0, 0.1) is 5.92 Å². The average molecular weight is 276 g/mol. The van der Waals surface area contributed by atoms with E-state index in [4.69, 9.17) is 4.74 Å². The standard InChI is InChI=1S/C17H28N2O/c1-5-10-18-16(17(20-4)12(2)3)14-9-8-13-7-6-11-19-15(13)14/h6-7,11-12,14,16-18H,5,8-10H2,1-4H3. The number of nitrogens with zero attached hydrogens (tertiary/aromatic N) is 1. The summed E-state index contributed by atoms with van der Waals surface area (Å²) in [5.74, 6) is 0.979. The van der Waals surface area contributed by atoms with Crippen molar-refractivity contribution in [2.24, 2.45) is 5.92 Å². The predicted octanol–water partition coefficient (Wildman–Crippen LogP) is 3.15. The lowest BCUT2D eigenvalue weighted by Crippen LogP contribution is -2.47. The Labute approximate surface area is 123 Å². The van der Waals surface area contributed by atoms with Crippen LogP contribution in [0.3, 0.4) is 0 Å². The summed E-state index contributed by atoms with van der Waals surface area (Å²) in [6.45, 7) is 7.73. The van der Waals surface area contributed by atoms with Gasteiger partial charge >= 0.3 is 0 Å². The van der Waals surface area contributed by atoms with E-state index in [9.17, 15) is 0 Å². The Balaban J connectivity index is 2.23. The highest BCUT2D eigenvalue weighted by atomic mass is 16.5. The van der Waals surface area contributed by atoms with E-state index in [-0.39, 0.29) is 6.10 Å². The molecule has 0 fully saturated rings. The van der Waals surface area contributed by atoms with Gasteiger partial charge in [0, 0.05) is 31.0 Å². The van der Waals surface area contributed by atoms with E-state index in [2.05, 4.69) is 37.1 Å². The Morgan fingerprint density at radius 3 is 2.90 bits per heavy atom. The van der Waals surface area contributed by atoms with Gasteiger partial charge in [-0.05, 0) is 43.4 Å². The number of hydrogen-bond acceptors (Lipinski definition) is 3. The summed E-state index contributed by atoms with van der Waals surface area (Å²) in [5, 5.41) is 3.72. The van der Waals surface area contributed by atoms with Gasteiger partial charge in [0.25, 0.3) is 0 Å². The van der Waals surface area contributed by atoms with Crippen LogP contribution in [-0.4, -0.2) is 30.8 Å². The largest absolute Gasteiger partial charge is 0.380 e. The van der Waals surface area contributed by atoms with Gasteiger partial charge in [-0.1, -0.05) is 26.8 Å². The quantitative estimate of drug-likeness (QED) is 0.830. The van der Waals surface area contributed by atoms with Crippen LogP contribution in [0.2, 0.25) is 0 Å². The second-order valence-corrected chi connectivity index (χ2v) is 6.12. The van der Waals surface area contributed by atoms with Crippen molar-refractivity contribution in [1.82, 2.24) is 10.3 Å². The van der Waals surface area contributed by atoms with Crippen LogP contribution < -0.4 is 5.32 Å². The zero-order chi connectivity index (χ0) is 14.5. The van der Waals surface area contributed by atoms with Crippen molar-refractivity contribution >= 4 is 0 Å². The molecular formula is C17H28N2O. The van der Waals surface area contributed by atoms with Crippen molar-refractivity contribution in [2.45, 2.75) is 58.1 Å². The van der Waals surface area contributed by atoms with E-state index in [1.165, 1.54) is 17.7 Å². The molecule has 3 heteroatoms. The molecule has 1 heterocycles. The fourth-order valence-corrected chi connectivity index (χ4v) is 3.43. The molecule has 0 aromatic carbocycles. The summed E-state index contributed by atoms with van der Waals surface area (Å²) in [6, 6.07) is 4.62. The van der Waals surface area contributed by atoms with Crippen LogP contribution in [0.25, 0.3) is 0 Å². The predicted molar refractivity (Wildman–Crippen MR) is 83.0 cm³/mol. The third-order valence-corrected chi connectivity index (χ3v) is 4.35. The first-order valence-electron chi connectivity index (χ1n) is 7.89. The number of nitrogens with one attached hydrogen (secondary N) is 1. The highest BCUT2D eigenvalue weighted by molar-refractivity contribution is 5.30. The summed E-state index contributed by atoms with van der Waals surface area (Å²) >= 11 is 0. The molecule has 2 rings (SSSR count). The van der Waals surface area contributed by atoms with E-state index in [0.717, 1.165) is 19.4 Å². The van der Waals surface area contributed by atoms with Gasteiger partial charge in [0.05, 0.1) is 6.10 Å². The van der Waals surface area contributed by atoms with E-state index < -0.39 is 0 Å². The number of rotatable bonds is 7. The molecule has 20 heavy (non-hydrogen) atoms. The Morgan fingerprint density at radius 2 is 2.25 bits per heavy atom. The smallest absolute Gasteiger partial charge is 0.0753 e. The van der Waals surface area contributed by atoms with Crippen molar-refractivity contribution in [2.75, 3.05) is 13.7 Å². The molecule has 0 saturated carbocycles. The molecule has 1 aliphatic carbocycles. The Kier molecular flexibility index (Phi) is 5.55. The molecule has 3 atom stereocenters. The van der Waals surface area contributed by atoms with Gasteiger partial charge in [-0.25, -0.2) is 0 Å². The molecular weight excluding hydrogens is 248 g/mol. The highest BCUT2D eigenvalue weighted by Gasteiger charge is 2.36. The molecule has 3 unspecified atom stereocenters. The summed E-state index contributed by atoms with van der Waals surface area (Å²) in [5.41, 5.74) is 2.70. The maximum absolute atomic E-state index is 5.81. The first-order chi connectivity index (χ1) is 9.69. The lowest BCUT2D eigenvalue weighted by atomic mass is 9.87. The van der Waals surface area contributed by atoms with E-state index in [1.807, 2.05) is 19.4 Å². The molecule has 0 amide bonds. The van der Waals surface area contributed by atoms with Crippen LogP contribution in [0.4, 0.5) is 0 Å². The molecule has 1 aliphatic rings. The van der Waals surface area contributed by atoms with Crippen molar-refractivity contribution in [3.8, 4) is 0 Å². The molecule has 1 aromatic heterocycles.